The zero-order valence-corrected chi connectivity index (χ0v) is 32.6. The first-order chi connectivity index (χ1) is 25.0. The van der Waals surface area contributed by atoms with E-state index in [1.165, 1.54) is 14.2 Å². The molecular formula is C39H68O14. The summed E-state index contributed by atoms with van der Waals surface area (Å²) in [6.45, 7) is 10.1. The third-order valence-electron chi connectivity index (χ3n) is 15.2. The average Bonchev–Trinajstić information content (AvgIpc) is 3.55. The molecule has 6 rings (SSSR count). The van der Waals surface area contributed by atoms with Gasteiger partial charge in [0.05, 0.1) is 49.3 Å². The molecule has 2 saturated heterocycles. The summed E-state index contributed by atoms with van der Waals surface area (Å²) >= 11 is 0. The van der Waals surface area contributed by atoms with Crippen molar-refractivity contribution in [2.24, 2.45) is 46.3 Å². The predicted molar refractivity (Wildman–Crippen MR) is 189 cm³/mol. The maximum Gasteiger partial charge on any atom is 0.187 e. The van der Waals surface area contributed by atoms with Gasteiger partial charge in [0.15, 0.2) is 12.6 Å². The molecule has 2 aliphatic heterocycles. The first-order valence-electron chi connectivity index (χ1n) is 20.0. The first-order valence-corrected chi connectivity index (χ1v) is 20.0. The molecule has 308 valence electrons. The van der Waals surface area contributed by atoms with Crippen LogP contribution in [0.15, 0.2) is 0 Å². The molecule has 1 unspecified atom stereocenters. The number of aliphatic hydroxyl groups excluding tert-OH is 7. The van der Waals surface area contributed by atoms with Gasteiger partial charge in [0.1, 0.15) is 36.6 Å². The Hall–Kier alpha value is -0.560. The van der Waals surface area contributed by atoms with Crippen molar-refractivity contribution in [2.45, 2.75) is 171 Å². The van der Waals surface area contributed by atoms with E-state index in [9.17, 15) is 40.9 Å². The molecule has 53 heavy (non-hydrogen) atoms. The van der Waals surface area contributed by atoms with E-state index in [0.717, 1.165) is 12.8 Å². The third kappa shape index (κ3) is 7.17. The van der Waals surface area contributed by atoms with Gasteiger partial charge in [-0.05, 0) is 79.4 Å². The molecule has 0 spiro atoms. The molecule has 2 heterocycles. The second kappa shape index (κ2) is 16.0. The van der Waals surface area contributed by atoms with Gasteiger partial charge in [-0.3, -0.25) is 0 Å². The number of aliphatic hydroxyl groups is 8. The van der Waals surface area contributed by atoms with Gasteiger partial charge in [0.25, 0.3) is 0 Å². The van der Waals surface area contributed by atoms with Crippen molar-refractivity contribution >= 4 is 0 Å². The molecule has 0 amide bonds. The van der Waals surface area contributed by atoms with Gasteiger partial charge in [-0.2, -0.15) is 0 Å². The Bertz CT molecular complexity index is 1230. The quantitative estimate of drug-likeness (QED) is 0.138. The lowest BCUT2D eigenvalue weighted by atomic mass is 9.41. The summed E-state index contributed by atoms with van der Waals surface area (Å²) in [4.78, 5) is 0. The van der Waals surface area contributed by atoms with Crippen LogP contribution in [0.4, 0.5) is 0 Å². The van der Waals surface area contributed by atoms with E-state index >= 15 is 0 Å². The van der Waals surface area contributed by atoms with E-state index < -0.39 is 103 Å². The van der Waals surface area contributed by atoms with E-state index in [4.69, 9.17) is 28.4 Å². The van der Waals surface area contributed by atoms with Crippen LogP contribution in [0.5, 0.6) is 0 Å². The minimum atomic E-state index is -1.31. The molecule has 21 atom stereocenters. The summed E-state index contributed by atoms with van der Waals surface area (Å²) in [6, 6.07) is 0. The Balaban J connectivity index is 1.14. The number of hydrogen-bond acceptors (Lipinski definition) is 14. The van der Waals surface area contributed by atoms with Crippen molar-refractivity contribution in [3.63, 3.8) is 0 Å². The van der Waals surface area contributed by atoms with Gasteiger partial charge in [-0.1, -0.05) is 34.6 Å². The first kappa shape index (κ1) is 42.1. The Labute approximate surface area is 314 Å². The van der Waals surface area contributed by atoms with Gasteiger partial charge in [-0.15, -0.1) is 0 Å². The van der Waals surface area contributed by atoms with Crippen molar-refractivity contribution in [3.05, 3.63) is 0 Å². The van der Waals surface area contributed by atoms with Crippen LogP contribution in [-0.4, -0.2) is 154 Å². The van der Waals surface area contributed by atoms with Crippen LogP contribution in [0.1, 0.15) is 86.0 Å². The van der Waals surface area contributed by atoms with Crippen molar-refractivity contribution < 1.29 is 69.3 Å². The van der Waals surface area contributed by atoms with Crippen LogP contribution in [0, 0.1) is 46.3 Å². The lowest BCUT2D eigenvalue weighted by Crippen LogP contribution is -2.70. The molecule has 0 radical (unpaired) electrons. The minimum Gasteiger partial charge on any atom is -0.394 e. The Morgan fingerprint density at radius 1 is 0.792 bits per heavy atom. The molecule has 6 fully saturated rings. The van der Waals surface area contributed by atoms with Crippen molar-refractivity contribution in [1.82, 2.24) is 0 Å². The van der Waals surface area contributed by atoms with Crippen LogP contribution in [0.2, 0.25) is 0 Å². The highest BCUT2D eigenvalue weighted by Gasteiger charge is 2.71. The summed E-state index contributed by atoms with van der Waals surface area (Å²) in [5, 5.41) is 89.2. The van der Waals surface area contributed by atoms with Crippen molar-refractivity contribution in [3.8, 4) is 0 Å². The van der Waals surface area contributed by atoms with Gasteiger partial charge < -0.3 is 69.3 Å². The SMILES string of the molecule is CO[C@H]1[C@H](O[C@H]2[C@H](OC(CC[C@@H](C)[C@H]3C[C@@H](O)[C@@H]4[C@]3(C)CC[C@@H]3[C@@]5(C)CC[C@H](O)[C@H](O)[C@@H]5[C@@H](O)C[C@]34O)C(C)C)O[C@@H](CO)[C@@H]2O)OC[C@@H](OC)[C@@H]1O. The fourth-order valence-corrected chi connectivity index (χ4v) is 12.5. The average molecular weight is 761 g/mol. The van der Waals surface area contributed by atoms with Gasteiger partial charge in [0, 0.05) is 32.5 Å². The molecule has 0 aromatic heterocycles. The lowest BCUT2D eigenvalue weighted by Gasteiger charge is -2.66. The monoisotopic (exact) mass is 760 g/mol. The summed E-state index contributed by atoms with van der Waals surface area (Å²) < 4.78 is 35.4. The number of methoxy groups -OCH3 is 2. The van der Waals surface area contributed by atoms with Gasteiger partial charge in [-0.25, -0.2) is 0 Å². The second-order valence-electron chi connectivity index (χ2n) is 18.3. The normalized spacial score (nSPS) is 52.5. The topological polar surface area (TPSA) is 217 Å². The molecule has 0 aromatic carbocycles. The highest BCUT2D eigenvalue weighted by Crippen LogP contribution is 2.70. The molecular weight excluding hydrogens is 692 g/mol. The minimum absolute atomic E-state index is 0.0501. The largest absolute Gasteiger partial charge is 0.394 e. The Morgan fingerprint density at radius 3 is 2.13 bits per heavy atom. The van der Waals surface area contributed by atoms with Gasteiger partial charge >= 0.3 is 0 Å². The number of rotatable bonds is 12. The van der Waals surface area contributed by atoms with Crippen LogP contribution in [0.3, 0.4) is 0 Å². The highest BCUT2D eigenvalue weighted by molar-refractivity contribution is 5.21. The molecule has 0 aromatic rings. The van der Waals surface area contributed by atoms with Crippen molar-refractivity contribution in [1.29, 1.82) is 0 Å². The maximum atomic E-state index is 12.7. The number of hydrogen-bond donors (Lipinski definition) is 8. The summed E-state index contributed by atoms with van der Waals surface area (Å²) in [6.07, 6.45) is -7.34. The van der Waals surface area contributed by atoms with Crippen LogP contribution >= 0.6 is 0 Å². The lowest BCUT2D eigenvalue weighted by molar-refractivity contribution is -0.313. The van der Waals surface area contributed by atoms with Gasteiger partial charge in [0.2, 0.25) is 0 Å². The van der Waals surface area contributed by atoms with E-state index in [1.807, 2.05) is 20.8 Å². The Kier molecular flexibility index (Phi) is 12.7. The number of ether oxygens (including phenoxy) is 6. The van der Waals surface area contributed by atoms with Crippen LogP contribution in [0.25, 0.3) is 0 Å². The molecule has 8 N–H and O–H groups in total. The number of fused-ring (bicyclic) bond motifs is 5. The molecule has 14 heteroatoms. The standard InChI is InChI=1S/C39H68O14/c1-18(2)24(51-36-33(30(45)25(16-40)52-36)53-35-32(49-7)31(46)26(48-6)17-50-35)9-8-19(3)20-14-22(42)34-37(20,4)13-11-27-38(5)12-10-21(41)29(44)28(38)23(43)15-39(27,34)47/h18-36,40-47H,8-17H2,1-7H3/t19-,20-,21+,22-,23+,24?,25+,26-,27-,28+,29+,30+,31+,32-,33-,34-,35+,36-,37-,38-,39+/m1/s1. The van der Waals surface area contributed by atoms with E-state index in [1.54, 1.807) is 0 Å². The van der Waals surface area contributed by atoms with Crippen LogP contribution in [-0.2, 0) is 28.4 Å². The molecule has 4 aliphatic carbocycles. The van der Waals surface area contributed by atoms with E-state index in [-0.39, 0.29) is 48.2 Å². The third-order valence-corrected chi connectivity index (χ3v) is 15.2. The maximum absolute atomic E-state index is 12.7. The predicted octanol–water partition coefficient (Wildman–Crippen LogP) is 0.702. The summed E-state index contributed by atoms with van der Waals surface area (Å²) in [5.41, 5.74) is -2.26. The molecule has 14 nitrogen and oxygen atoms in total. The summed E-state index contributed by atoms with van der Waals surface area (Å²) in [5.74, 6) is -0.891. The highest BCUT2D eigenvalue weighted by atomic mass is 16.8. The van der Waals surface area contributed by atoms with Crippen LogP contribution < -0.4 is 0 Å². The zero-order chi connectivity index (χ0) is 38.8. The smallest absolute Gasteiger partial charge is 0.187 e. The molecule has 0 bridgehead atoms. The van der Waals surface area contributed by atoms with E-state index in [2.05, 4.69) is 13.8 Å². The van der Waals surface area contributed by atoms with E-state index in [0.29, 0.717) is 32.1 Å². The van der Waals surface area contributed by atoms with Crippen molar-refractivity contribution in [2.75, 3.05) is 27.4 Å². The zero-order valence-electron chi connectivity index (χ0n) is 32.6. The summed E-state index contributed by atoms with van der Waals surface area (Å²) in [7, 11) is 2.89. The fourth-order valence-electron chi connectivity index (χ4n) is 12.5. The molecule has 4 saturated carbocycles. The second-order valence-corrected chi connectivity index (χ2v) is 18.3. The Morgan fingerprint density at radius 2 is 1.49 bits per heavy atom. The fraction of sp³-hybridized carbons (Fsp3) is 1.00. The molecule has 6 aliphatic rings.